The van der Waals surface area contributed by atoms with Gasteiger partial charge in [-0.3, -0.25) is 0 Å². The Morgan fingerprint density at radius 1 is 1.05 bits per heavy atom. The van der Waals surface area contributed by atoms with E-state index < -0.39 is 0 Å². The third kappa shape index (κ3) is 2.03. The van der Waals surface area contributed by atoms with Crippen molar-refractivity contribution in [3.63, 3.8) is 0 Å². The Morgan fingerprint density at radius 3 is 2.58 bits per heavy atom. The second-order valence-corrected chi connectivity index (χ2v) is 6.26. The first-order chi connectivity index (χ1) is 9.08. The van der Waals surface area contributed by atoms with Crippen molar-refractivity contribution < 1.29 is 0 Å². The normalized spacial score (nSPS) is 11.2. The molecule has 0 bridgehead atoms. The maximum absolute atomic E-state index is 6.15. The summed E-state index contributed by atoms with van der Waals surface area (Å²) < 4.78 is 0.967. The monoisotopic (exact) mass is 288 g/mol. The van der Waals surface area contributed by atoms with E-state index in [1.54, 1.807) is 11.3 Å². The van der Waals surface area contributed by atoms with Gasteiger partial charge in [-0.15, -0.1) is 11.3 Å². The van der Waals surface area contributed by atoms with E-state index in [1.807, 2.05) is 0 Å². The molecule has 0 aliphatic rings. The minimum Gasteiger partial charge on any atom is -0.235 e. The van der Waals surface area contributed by atoms with E-state index in [0.717, 1.165) is 10.2 Å². The van der Waals surface area contributed by atoms with Gasteiger partial charge >= 0.3 is 0 Å². The van der Waals surface area contributed by atoms with E-state index in [9.17, 15) is 0 Å². The molecule has 0 aliphatic carbocycles. The van der Waals surface area contributed by atoms with Crippen LogP contribution in [-0.4, -0.2) is 9.97 Å². The Morgan fingerprint density at radius 2 is 1.84 bits per heavy atom. The van der Waals surface area contributed by atoms with E-state index in [1.165, 1.54) is 33.5 Å². The average Bonchev–Trinajstić information content (AvgIpc) is 2.71. The van der Waals surface area contributed by atoms with Crippen LogP contribution in [0.4, 0.5) is 0 Å². The Bertz CT molecular complexity index is 777. The van der Waals surface area contributed by atoms with Crippen LogP contribution in [0, 0.1) is 20.8 Å². The fraction of sp³-hybridized carbons (Fsp3) is 0.200. The summed E-state index contributed by atoms with van der Waals surface area (Å²) in [5, 5.41) is 0.535. The zero-order chi connectivity index (χ0) is 13.6. The maximum atomic E-state index is 6.15. The van der Waals surface area contributed by atoms with Crippen LogP contribution in [0.1, 0.15) is 16.0 Å². The van der Waals surface area contributed by atoms with Gasteiger partial charge in [-0.05, 0) is 37.5 Å². The average molecular weight is 289 g/mol. The molecule has 0 aliphatic heterocycles. The molecule has 4 heteroatoms. The van der Waals surface area contributed by atoms with Crippen LogP contribution in [0.2, 0.25) is 5.15 Å². The molecule has 2 aromatic heterocycles. The van der Waals surface area contributed by atoms with Crippen molar-refractivity contribution in [1.82, 2.24) is 9.97 Å². The predicted molar refractivity (Wildman–Crippen MR) is 82.1 cm³/mol. The second-order valence-electron chi connectivity index (χ2n) is 4.67. The van der Waals surface area contributed by atoms with Crippen LogP contribution in [0.5, 0.6) is 0 Å². The lowest BCUT2D eigenvalue weighted by atomic mass is 10.0. The molecule has 1 aromatic carbocycles. The van der Waals surface area contributed by atoms with E-state index >= 15 is 0 Å². The minimum atomic E-state index is 0.535. The number of aromatic nitrogens is 2. The lowest BCUT2D eigenvalue weighted by Crippen LogP contribution is -1.86. The Kier molecular flexibility index (Phi) is 3.03. The van der Waals surface area contributed by atoms with Crippen molar-refractivity contribution in [2.75, 3.05) is 0 Å². The highest BCUT2D eigenvalue weighted by Gasteiger charge is 2.15. The number of aryl methyl sites for hydroxylation is 3. The van der Waals surface area contributed by atoms with Gasteiger partial charge in [0.15, 0.2) is 0 Å². The zero-order valence-corrected chi connectivity index (χ0v) is 12.6. The molecule has 0 saturated heterocycles. The van der Waals surface area contributed by atoms with Gasteiger partial charge in [0.2, 0.25) is 0 Å². The van der Waals surface area contributed by atoms with Gasteiger partial charge in [-0.2, -0.15) is 0 Å². The molecular formula is C15H13ClN2S. The number of benzene rings is 1. The second kappa shape index (κ2) is 4.58. The van der Waals surface area contributed by atoms with Gasteiger partial charge < -0.3 is 0 Å². The van der Waals surface area contributed by atoms with Crippen LogP contribution in [0.15, 0.2) is 24.5 Å². The number of nitrogens with zero attached hydrogens (tertiary/aromatic N) is 2. The van der Waals surface area contributed by atoms with Gasteiger partial charge in [0.1, 0.15) is 11.5 Å². The predicted octanol–water partition coefficient (Wildman–Crippen LogP) is 4.94. The molecule has 0 radical (unpaired) electrons. The van der Waals surface area contributed by atoms with Crippen LogP contribution < -0.4 is 0 Å². The summed E-state index contributed by atoms with van der Waals surface area (Å²) in [6.07, 6.45) is 1.53. The first-order valence-electron chi connectivity index (χ1n) is 6.05. The number of hydrogen-bond donors (Lipinski definition) is 0. The van der Waals surface area contributed by atoms with Crippen LogP contribution in [0.3, 0.4) is 0 Å². The van der Waals surface area contributed by atoms with Crippen molar-refractivity contribution in [1.29, 1.82) is 0 Å². The third-order valence-corrected chi connectivity index (χ3v) is 4.90. The Labute approximate surface area is 121 Å². The fourth-order valence-corrected chi connectivity index (χ4v) is 3.49. The molecule has 0 N–H and O–H groups in total. The van der Waals surface area contributed by atoms with Crippen LogP contribution in [0.25, 0.3) is 21.3 Å². The summed E-state index contributed by atoms with van der Waals surface area (Å²) in [5.41, 5.74) is 5.91. The lowest BCUT2D eigenvalue weighted by molar-refractivity contribution is 1.23. The van der Waals surface area contributed by atoms with Crippen molar-refractivity contribution in [2.24, 2.45) is 0 Å². The maximum Gasteiger partial charge on any atom is 0.150 e. The van der Waals surface area contributed by atoms with Crippen molar-refractivity contribution in [2.45, 2.75) is 20.8 Å². The fourth-order valence-electron chi connectivity index (χ4n) is 2.23. The molecule has 0 atom stereocenters. The van der Waals surface area contributed by atoms with Gasteiger partial charge in [0.05, 0.1) is 10.2 Å². The first-order valence-corrected chi connectivity index (χ1v) is 7.24. The van der Waals surface area contributed by atoms with E-state index in [2.05, 4.69) is 48.9 Å². The summed E-state index contributed by atoms with van der Waals surface area (Å²) in [6, 6.07) is 6.50. The molecule has 3 aromatic rings. The molecule has 0 amide bonds. The first kappa shape index (κ1) is 12.6. The molecular weight excluding hydrogens is 276 g/mol. The summed E-state index contributed by atoms with van der Waals surface area (Å²) >= 11 is 7.80. The minimum absolute atomic E-state index is 0.535. The van der Waals surface area contributed by atoms with Crippen LogP contribution in [-0.2, 0) is 0 Å². The summed E-state index contributed by atoms with van der Waals surface area (Å²) in [6.45, 7) is 6.36. The summed E-state index contributed by atoms with van der Waals surface area (Å²) in [4.78, 5) is 9.68. The molecule has 0 saturated carbocycles. The standard InChI is InChI=1S/C15H13ClN2S/c1-8-4-5-11(6-9(8)2)12-10(3)19-14-13(12)17-7-18-15(14)16/h4-7H,1-3H3. The van der Waals surface area contributed by atoms with Gasteiger partial charge in [-0.25, -0.2) is 9.97 Å². The zero-order valence-electron chi connectivity index (χ0n) is 11.0. The van der Waals surface area contributed by atoms with E-state index in [-0.39, 0.29) is 0 Å². The lowest BCUT2D eigenvalue weighted by Gasteiger charge is -2.05. The highest BCUT2D eigenvalue weighted by atomic mass is 35.5. The Hall–Kier alpha value is -1.45. The molecule has 19 heavy (non-hydrogen) atoms. The number of hydrogen-bond acceptors (Lipinski definition) is 3. The van der Waals surface area contributed by atoms with E-state index in [0.29, 0.717) is 5.15 Å². The van der Waals surface area contributed by atoms with E-state index in [4.69, 9.17) is 11.6 Å². The molecule has 3 rings (SSSR count). The highest BCUT2D eigenvalue weighted by molar-refractivity contribution is 7.20. The number of rotatable bonds is 1. The molecule has 2 nitrogen and oxygen atoms in total. The SMILES string of the molecule is Cc1ccc(-c2c(C)sc3c(Cl)ncnc23)cc1C. The largest absolute Gasteiger partial charge is 0.235 e. The summed E-state index contributed by atoms with van der Waals surface area (Å²) in [7, 11) is 0. The molecule has 2 heterocycles. The van der Waals surface area contributed by atoms with Crippen molar-refractivity contribution in [3.05, 3.63) is 45.7 Å². The number of thiophene rings is 1. The third-order valence-electron chi connectivity index (χ3n) is 3.40. The van der Waals surface area contributed by atoms with Gasteiger partial charge in [0.25, 0.3) is 0 Å². The van der Waals surface area contributed by atoms with Crippen molar-refractivity contribution in [3.8, 4) is 11.1 Å². The highest BCUT2D eigenvalue weighted by Crippen LogP contribution is 2.39. The number of fused-ring (bicyclic) bond motifs is 1. The van der Waals surface area contributed by atoms with Gasteiger partial charge in [0, 0.05) is 10.4 Å². The molecule has 0 unspecified atom stereocenters. The van der Waals surface area contributed by atoms with Crippen molar-refractivity contribution >= 4 is 33.2 Å². The van der Waals surface area contributed by atoms with Crippen LogP contribution >= 0.6 is 22.9 Å². The Balaban J connectivity index is 2.33. The molecule has 0 spiro atoms. The molecule has 96 valence electrons. The number of halogens is 1. The smallest absolute Gasteiger partial charge is 0.150 e. The quantitative estimate of drug-likeness (QED) is 0.593. The topological polar surface area (TPSA) is 25.8 Å². The molecule has 0 fully saturated rings. The van der Waals surface area contributed by atoms with Gasteiger partial charge in [-0.1, -0.05) is 29.8 Å². The summed E-state index contributed by atoms with van der Waals surface area (Å²) in [5.74, 6) is 0.